The normalized spacial score (nSPS) is 11.6. The maximum atomic E-state index is 14.0. The van der Waals surface area contributed by atoms with E-state index in [-0.39, 0.29) is 52.7 Å². The lowest BCUT2D eigenvalue weighted by Gasteiger charge is -2.22. The smallest absolute Gasteiger partial charge is 0.495 e. The van der Waals surface area contributed by atoms with Gasteiger partial charge in [0.1, 0.15) is 17.6 Å². The third-order valence-corrected chi connectivity index (χ3v) is 7.85. The molecule has 0 spiro atoms. The number of aromatic nitrogens is 1. The summed E-state index contributed by atoms with van der Waals surface area (Å²) >= 11 is 6.24. The summed E-state index contributed by atoms with van der Waals surface area (Å²) in [5.74, 6) is -2.36. The van der Waals surface area contributed by atoms with Gasteiger partial charge in [0.25, 0.3) is 5.56 Å². The molecule has 1 atom stereocenters. The van der Waals surface area contributed by atoms with E-state index in [0.717, 1.165) is 5.56 Å². The Bertz CT molecular complexity index is 2110. The van der Waals surface area contributed by atoms with Crippen molar-refractivity contribution in [3.8, 4) is 16.9 Å². The maximum absolute atomic E-state index is 14.0. The molecule has 0 saturated heterocycles. The largest absolute Gasteiger partial charge is 0.519 e. The number of ether oxygens (including phenoxy) is 1. The second kappa shape index (κ2) is 13.8. The molecule has 2 aromatic heterocycles. The number of carbonyl (C=O) groups excluding carboxylic acids is 2. The van der Waals surface area contributed by atoms with Gasteiger partial charge in [0.05, 0.1) is 18.9 Å². The van der Waals surface area contributed by atoms with Gasteiger partial charge >= 0.3 is 11.8 Å². The molecule has 1 amide bonds. The van der Waals surface area contributed by atoms with Gasteiger partial charge in [-0.05, 0) is 66.9 Å². The fourth-order valence-electron chi connectivity index (χ4n) is 5.31. The molecule has 12 heteroatoms. The van der Waals surface area contributed by atoms with E-state index in [2.05, 4.69) is 5.32 Å². The molecule has 0 radical (unpaired) electrons. The number of nitrogens with one attached hydrogen (secondary N) is 1. The van der Waals surface area contributed by atoms with Crippen molar-refractivity contribution in [1.82, 2.24) is 4.57 Å². The Kier molecular flexibility index (Phi) is 9.57. The van der Waals surface area contributed by atoms with E-state index in [4.69, 9.17) is 25.2 Å². The first-order chi connectivity index (χ1) is 22.4. The Hall–Kier alpha value is -5.68. The Morgan fingerprint density at radius 3 is 2.32 bits per heavy atom. The van der Waals surface area contributed by atoms with E-state index < -0.39 is 29.3 Å². The average molecular weight is 657 g/mol. The molecule has 240 valence electrons. The van der Waals surface area contributed by atoms with Crippen LogP contribution in [0.15, 0.2) is 97.4 Å². The number of carboxylic acid groups (broad SMARTS) is 1. The fourth-order valence-corrected chi connectivity index (χ4v) is 5.48. The molecule has 0 aliphatic carbocycles. The van der Waals surface area contributed by atoms with Gasteiger partial charge in [0.15, 0.2) is 11.5 Å². The van der Waals surface area contributed by atoms with Crippen LogP contribution >= 0.6 is 11.6 Å². The first kappa shape index (κ1) is 32.7. The zero-order valence-electron chi connectivity index (χ0n) is 25.5. The summed E-state index contributed by atoms with van der Waals surface area (Å²) in [6.45, 7) is 2.92. The third kappa shape index (κ3) is 7.26. The van der Waals surface area contributed by atoms with Gasteiger partial charge in [-0.1, -0.05) is 41.9 Å². The summed E-state index contributed by atoms with van der Waals surface area (Å²) in [5, 5.41) is 12.9. The van der Waals surface area contributed by atoms with Crippen LogP contribution in [0.1, 0.15) is 56.3 Å². The Labute approximate surface area is 273 Å². The summed E-state index contributed by atoms with van der Waals surface area (Å²) < 4.78 is 16.9. The number of aryl methyl sites for hydroxylation is 1. The van der Waals surface area contributed by atoms with Gasteiger partial charge < -0.3 is 24.0 Å². The quantitative estimate of drug-likeness (QED) is 0.164. The molecule has 0 aliphatic rings. The van der Waals surface area contributed by atoms with Crippen molar-refractivity contribution in [1.29, 1.82) is 0 Å². The van der Waals surface area contributed by atoms with Crippen molar-refractivity contribution in [3.63, 3.8) is 0 Å². The molecule has 2 heterocycles. The topological polar surface area (TPSA) is 158 Å². The highest BCUT2D eigenvalue weighted by molar-refractivity contribution is 6.31. The van der Waals surface area contributed by atoms with Crippen molar-refractivity contribution in [2.24, 2.45) is 0 Å². The number of ketones is 1. The molecule has 2 N–H and O–H groups in total. The Morgan fingerprint density at radius 2 is 1.68 bits per heavy atom. The second-order valence-electron chi connectivity index (χ2n) is 10.7. The van der Waals surface area contributed by atoms with Crippen LogP contribution in [0.25, 0.3) is 11.1 Å². The minimum absolute atomic E-state index is 0.0606. The van der Waals surface area contributed by atoms with Gasteiger partial charge in [-0.2, -0.15) is 0 Å². The predicted octanol–water partition coefficient (Wildman–Crippen LogP) is 5.95. The molecule has 0 fully saturated rings. The minimum atomic E-state index is -1.21. The summed E-state index contributed by atoms with van der Waals surface area (Å²) in [6.07, 6.45) is 1.45. The number of carboxylic acids is 1. The van der Waals surface area contributed by atoms with E-state index in [0.29, 0.717) is 21.7 Å². The molecular weight excluding hydrogens is 628 g/mol. The lowest BCUT2D eigenvalue weighted by Crippen LogP contribution is -2.34. The summed E-state index contributed by atoms with van der Waals surface area (Å²) in [6, 6.07) is 18.2. The summed E-state index contributed by atoms with van der Waals surface area (Å²) in [4.78, 5) is 63.7. The summed E-state index contributed by atoms with van der Waals surface area (Å²) in [5.41, 5.74) is 1.75. The van der Waals surface area contributed by atoms with E-state index in [9.17, 15) is 29.1 Å². The molecule has 0 saturated carbocycles. The first-order valence-corrected chi connectivity index (χ1v) is 14.7. The SMILES string of the molecule is COc1cn(C(Cc2ccccc2)C(=O)Nc2ccc(C(=O)O)c(Cc3oc(=O)oc3C)c2)c(=O)cc1-c1cc(Cl)ccc1C(C)=O. The minimum Gasteiger partial charge on any atom is -0.495 e. The second-order valence-corrected chi connectivity index (χ2v) is 11.2. The molecule has 0 aliphatic heterocycles. The highest BCUT2D eigenvalue weighted by Gasteiger charge is 2.26. The number of hydrogen-bond donors (Lipinski definition) is 2. The highest BCUT2D eigenvalue weighted by atomic mass is 35.5. The van der Waals surface area contributed by atoms with Crippen molar-refractivity contribution < 1.29 is 33.1 Å². The monoisotopic (exact) mass is 656 g/mol. The number of nitrogens with zero attached hydrogens (tertiary/aromatic N) is 1. The van der Waals surface area contributed by atoms with Crippen molar-refractivity contribution in [2.75, 3.05) is 12.4 Å². The van der Waals surface area contributed by atoms with Crippen molar-refractivity contribution >= 4 is 34.9 Å². The van der Waals surface area contributed by atoms with Crippen LogP contribution in [-0.2, 0) is 17.6 Å². The number of pyridine rings is 1. The summed E-state index contributed by atoms with van der Waals surface area (Å²) in [7, 11) is 1.41. The van der Waals surface area contributed by atoms with Gasteiger partial charge in [0.2, 0.25) is 5.91 Å². The fraction of sp³-hybridized carbons (Fsp3) is 0.171. The molecule has 3 aromatic carbocycles. The molecular formula is C35H29ClN2O9. The number of anilines is 1. The number of rotatable bonds is 11. The number of Topliss-reactive ketones (excluding diaryl/α,β-unsaturated/α-hetero) is 1. The molecule has 11 nitrogen and oxygen atoms in total. The average Bonchev–Trinajstić information content (AvgIpc) is 3.35. The van der Waals surface area contributed by atoms with E-state index >= 15 is 0 Å². The van der Waals surface area contributed by atoms with Gasteiger partial charge in [-0.15, -0.1) is 0 Å². The molecule has 47 heavy (non-hydrogen) atoms. The lowest BCUT2D eigenvalue weighted by molar-refractivity contribution is -0.119. The molecule has 5 rings (SSSR count). The number of amides is 1. The number of hydrogen-bond acceptors (Lipinski definition) is 8. The molecule has 1 unspecified atom stereocenters. The maximum Gasteiger partial charge on any atom is 0.519 e. The van der Waals surface area contributed by atoms with Crippen LogP contribution in [0.2, 0.25) is 5.02 Å². The molecule has 0 bridgehead atoms. The number of carbonyl (C=O) groups is 3. The van der Waals surface area contributed by atoms with Crippen LogP contribution in [0.3, 0.4) is 0 Å². The van der Waals surface area contributed by atoms with Crippen molar-refractivity contribution in [3.05, 3.63) is 139 Å². The van der Waals surface area contributed by atoms with Crippen LogP contribution in [-0.4, -0.2) is 34.4 Å². The van der Waals surface area contributed by atoms with E-state index in [1.54, 1.807) is 18.2 Å². The van der Waals surface area contributed by atoms with Gasteiger partial charge in [0, 0.05) is 40.7 Å². The Morgan fingerprint density at radius 1 is 0.957 bits per heavy atom. The van der Waals surface area contributed by atoms with E-state index in [1.807, 2.05) is 30.3 Å². The Balaban J connectivity index is 1.56. The van der Waals surface area contributed by atoms with Crippen molar-refractivity contribution in [2.45, 2.75) is 32.7 Å². The number of halogens is 1. The molecule has 5 aromatic rings. The first-order valence-electron chi connectivity index (χ1n) is 14.4. The third-order valence-electron chi connectivity index (χ3n) is 7.62. The van der Waals surface area contributed by atoms with E-state index in [1.165, 1.54) is 56.0 Å². The lowest BCUT2D eigenvalue weighted by atomic mass is 9.97. The number of methoxy groups -OCH3 is 1. The van der Waals surface area contributed by atoms with Crippen LogP contribution < -0.4 is 21.4 Å². The zero-order chi connectivity index (χ0) is 33.8. The van der Waals surface area contributed by atoms with Crippen LogP contribution in [0.5, 0.6) is 5.75 Å². The number of aromatic carboxylic acids is 1. The van der Waals surface area contributed by atoms with Crippen LogP contribution in [0, 0.1) is 6.92 Å². The van der Waals surface area contributed by atoms with Gasteiger partial charge in [-0.3, -0.25) is 19.0 Å². The standard InChI is InChI=1S/C35H29ClN2O9/c1-19(39)25-11-9-23(36)16-27(25)28-17-32(40)38(18-31(28)45-3)29(13-21-7-5-4-6-8-21)33(41)37-24-10-12-26(34(42)43)22(14-24)15-30-20(2)46-35(44)47-30/h4-12,14,16-18,29H,13,15H2,1-3H3,(H,37,41)(H,42,43). The van der Waals surface area contributed by atoms with Gasteiger partial charge in [-0.25, -0.2) is 9.59 Å². The predicted molar refractivity (Wildman–Crippen MR) is 174 cm³/mol. The number of benzene rings is 3. The zero-order valence-corrected chi connectivity index (χ0v) is 26.3. The van der Waals surface area contributed by atoms with Crippen LogP contribution in [0.4, 0.5) is 5.69 Å². The highest BCUT2D eigenvalue weighted by Crippen LogP contribution is 2.34.